The van der Waals surface area contributed by atoms with Crippen molar-refractivity contribution < 1.29 is 31.2 Å². The van der Waals surface area contributed by atoms with Crippen LogP contribution in [-0.4, -0.2) is 18.9 Å². The van der Waals surface area contributed by atoms with Crippen LogP contribution >= 0.6 is 15.9 Å². The number of sulfonamides is 1. The van der Waals surface area contributed by atoms with Gasteiger partial charge in [-0.2, -0.15) is 13.2 Å². The lowest BCUT2D eigenvalue weighted by molar-refractivity contribution is -0.179. The number of nitrogens with zero attached hydrogens (tertiary/aromatic N) is 1. The minimum atomic E-state index is -4.62. The van der Waals surface area contributed by atoms with Crippen molar-refractivity contribution in [3.63, 3.8) is 0 Å². The highest BCUT2D eigenvalue weighted by Gasteiger charge is 2.43. The van der Waals surface area contributed by atoms with Crippen molar-refractivity contribution in [3.05, 3.63) is 64.1 Å². The van der Waals surface area contributed by atoms with Crippen LogP contribution < -0.4 is 0 Å². The third kappa shape index (κ3) is 5.61. The van der Waals surface area contributed by atoms with Gasteiger partial charge in [-0.3, -0.25) is 4.79 Å². The first-order valence-electron chi connectivity index (χ1n) is 8.80. The topological polar surface area (TPSA) is 63.7 Å². The van der Waals surface area contributed by atoms with Gasteiger partial charge in [0.1, 0.15) is 0 Å². The quantitative estimate of drug-likeness (QED) is 0.485. The van der Waals surface area contributed by atoms with E-state index in [1.807, 2.05) is 0 Å². The molecule has 0 spiro atoms. The van der Waals surface area contributed by atoms with Crippen molar-refractivity contribution in [1.29, 1.82) is 0 Å². The molecular formula is C20H21BrF3NO4S. The molecule has 0 aliphatic carbocycles. The van der Waals surface area contributed by atoms with Crippen molar-refractivity contribution in [2.45, 2.75) is 44.8 Å². The number of hydrogen-bond acceptors (Lipinski definition) is 4. The van der Waals surface area contributed by atoms with E-state index in [9.17, 15) is 26.4 Å². The van der Waals surface area contributed by atoms with E-state index in [0.717, 1.165) is 19.1 Å². The Kier molecular flexibility index (Phi) is 7.05. The van der Waals surface area contributed by atoms with Crippen LogP contribution in [0.4, 0.5) is 13.2 Å². The summed E-state index contributed by atoms with van der Waals surface area (Å²) >= 11 is 3.21. The Morgan fingerprint density at radius 2 is 1.63 bits per heavy atom. The van der Waals surface area contributed by atoms with Gasteiger partial charge in [-0.05, 0) is 51.8 Å². The molecule has 164 valence electrons. The second-order valence-electron chi connectivity index (χ2n) is 7.69. The van der Waals surface area contributed by atoms with Crippen LogP contribution in [-0.2, 0) is 25.8 Å². The summed E-state index contributed by atoms with van der Waals surface area (Å²) in [5, 5.41) is 0. The minimum Gasteiger partial charge on any atom is -0.352 e. The van der Waals surface area contributed by atoms with Gasteiger partial charge >= 0.3 is 12.1 Å². The Balaban J connectivity index is 2.71. The molecular weight excluding hydrogens is 487 g/mol. The van der Waals surface area contributed by atoms with Gasteiger partial charge in [-0.15, -0.1) is 0 Å². The molecule has 0 saturated carbocycles. The van der Waals surface area contributed by atoms with Crippen molar-refractivity contribution >= 4 is 31.9 Å². The lowest BCUT2D eigenvalue weighted by Crippen LogP contribution is -2.42. The van der Waals surface area contributed by atoms with E-state index in [-0.39, 0.29) is 10.5 Å². The number of rotatable bonds is 5. The van der Waals surface area contributed by atoms with Crippen LogP contribution in [0.3, 0.4) is 0 Å². The zero-order chi connectivity index (χ0) is 22.9. The van der Waals surface area contributed by atoms with Crippen LogP contribution in [0.25, 0.3) is 0 Å². The summed E-state index contributed by atoms with van der Waals surface area (Å²) in [6, 6.07) is 8.70. The fourth-order valence-corrected chi connectivity index (χ4v) is 4.77. The fraction of sp³-hybridized carbons (Fsp3) is 0.350. The van der Waals surface area contributed by atoms with Gasteiger partial charge in [0.15, 0.2) is 0 Å². The maximum atomic E-state index is 13.3. The number of benzene rings is 2. The van der Waals surface area contributed by atoms with Gasteiger partial charge in [0, 0.05) is 11.4 Å². The fourth-order valence-electron chi connectivity index (χ4n) is 2.90. The minimum absolute atomic E-state index is 0.0410. The van der Waals surface area contributed by atoms with E-state index in [1.165, 1.54) is 36.4 Å². The average Bonchev–Trinajstić information content (AvgIpc) is 2.59. The molecule has 0 aliphatic rings. The molecule has 1 unspecified atom stereocenters. The second kappa shape index (κ2) is 8.68. The normalized spacial score (nSPS) is 13.9. The number of carbonyl (C=O) groups excluding carboxylic acids is 1. The van der Waals surface area contributed by atoms with Crippen molar-refractivity contribution in [3.8, 4) is 0 Å². The second-order valence-corrected chi connectivity index (χ2v) is 10.4. The highest BCUT2D eigenvalue weighted by atomic mass is 79.9. The molecule has 1 atom stereocenters. The Hall–Kier alpha value is -1.91. The Morgan fingerprint density at radius 1 is 1.07 bits per heavy atom. The van der Waals surface area contributed by atoms with E-state index in [1.54, 1.807) is 20.8 Å². The van der Waals surface area contributed by atoms with Gasteiger partial charge in [-0.1, -0.05) is 48.8 Å². The molecule has 0 fully saturated rings. The van der Waals surface area contributed by atoms with Crippen molar-refractivity contribution in [1.82, 2.24) is 4.47 Å². The highest BCUT2D eigenvalue weighted by molar-refractivity contribution is 9.10. The summed E-state index contributed by atoms with van der Waals surface area (Å²) in [5.41, 5.74) is -1.82. The molecule has 30 heavy (non-hydrogen) atoms. The largest absolute Gasteiger partial charge is 0.416 e. The van der Waals surface area contributed by atoms with Gasteiger partial charge in [0.2, 0.25) is 0 Å². The van der Waals surface area contributed by atoms with Crippen LogP contribution in [0.2, 0.25) is 0 Å². The highest BCUT2D eigenvalue weighted by Crippen LogP contribution is 2.42. The number of alkyl halides is 3. The monoisotopic (exact) mass is 507 g/mol. The maximum Gasteiger partial charge on any atom is 0.416 e. The van der Waals surface area contributed by atoms with Crippen LogP contribution in [0, 0.1) is 5.41 Å². The number of halogens is 4. The molecule has 2 rings (SSSR count). The zero-order valence-electron chi connectivity index (χ0n) is 16.7. The summed E-state index contributed by atoms with van der Waals surface area (Å²) in [6.45, 7) is 5.96. The molecule has 0 saturated heterocycles. The summed E-state index contributed by atoms with van der Waals surface area (Å²) in [5.74, 6) is -0.920. The molecule has 0 heterocycles. The standard InChI is InChI=1S/C20H21BrF3NO4S/c1-13(26)29-25(30(27,28)17-10-8-16(21)9-11-17)18(19(2,3)4)14-6-5-7-15(12-14)20(22,23)24/h5-12,18H,1-4H3. The zero-order valence-corrected chi connectivity index (χ0v) is 19.1. The molecule has 2 aromatic rings. The first-order chi connectivity index (χ1) is 13.6. The number of hydrogen-bond donors (Lipinski definition) is 0. The summed E-state index contributed by atoms with van der Waals surface area (Å²) in [7, 11) is -4.40. The lowest BCUT2D eigenvalue weighted by Gasteiger charge is -2.37. The molecule has 0 aromatic heterocycles. The first kappa shape index (κ1) is 24.4. The van der Waals surface area contributed by atoms with E-state index < -0.39 is 39.2 Å². The average molecular weight is 508 g/mol. The molecule has 0 radical (unpaired) electrons. The van der Waals surface area contributed by atoms with Crippen molar-refractivity contribution in [2.24, 2.45) is 5.41 Å². The summed E-state index contributed by atoms with van der Waals surface area (Å²) in [6.07, 6.45) is -4.62. The third-order valence-electron chi connectivity index (χ3n) is 4.13. The molecule has 0 N–H and O–H groups in total. The Labute approximate surface area is 182 Å². The molecule has 0 aliphatic heterocycles. The smallest absolute Gasteiger partial charge is 0.352 e. The van der Waals surface area contributed by atoms with E-state index >= 15 is 0 Å². The molecule has 2 aromatic carbocycles. The molecule has 0 bridgehead atoms. The first-order valence-corrected chi connectivity index (χ1v) is 11.0. The number of carbonyl (C=O) groups is 1. The van der Waals surface area contributed by atoms with E-state index in [0.29, 0.717) is 8.94 Å². The maximum absolute atomic E-state index is 13.3. The number of hydroxylamine groups is 1. The van der Waals surface area contributed by atoms with Crippen LogP contribution in [0.15, 0.2) is 57.9 Å². The molecule has 5 nitrogen and oxygen atoms in total. The van der Waals surface area contributed by atoms with Gasteiger partial charge in [-0.25, -0.2) is 8.42 Å². The lowest BCUT2D eigenvalue weighted by atomic mass is 9.82. The van der Waals surface area contributed by atoms with Crippen molar-refractivity contribution in [2.75, 3.05) is 0 Å². The molecule has 0 amide bonds. The predicted molar refractivity (Wildman–Crippen MR) is 109 cm³/mol. The van der Waals surface area contributed by atoms with Gasteiger partial charge in [0.25, 0.3) is 10.0 Å². The van der Waals surface area contributed by atoms with Gasteiger partial charge < -0.3 is 4.84 Å². The third-order valence-corrected chi connectivity index (χ3v) is 6.28. The Bertz CT molecular complexity index is 1020. The predicted octanol–water partition coefficient (Wildman–Crippen LogP) is 5.72. The summed E-state index contributed by atoms with van der Waals surface area (Å²) in [4.78, 5) is 16.7. The van der Waals surface area contributed by atoms with Gasteiger partial charge in [0.05, 0.1) is 16.5 Å². The van der Waals surface area contributed by atoms with E-state index in [4.69, 9.17) is 4.84 Å². The molecule has 10 heteroatoms. The van der Waals surface area contributed by atoms with Crippen LogP contribution in [0.5, 0.6) is 0 Å². The van der Waals surface area contributed by atoms with E-state index in [2.05, 4.69) is 15.9 Å². The Morgan fingerprint density at radius 3 is 2.10 bits per heavy atom. The summed E-state index contributed by atoms with van der Waals surface area (Å²) < 4.78 is 67.6. The van der Waals surface area contributed by atoms with Crippen LogP contribution in [0.1, 0.15) is 44.9 Å². The SMILES string of the molecule is CC(=O)ON(C(c1cccc(C(F)(F)F)c1)C(C)(C)C)S(=O)(=O)c1ccc(Br)cc1.